The molecule has 0 saturated heterocycles. The number of nitrogens with one attached hydrogen (secondary N) is 1. The second-order valence-electron chi connectivity index (χ2n) is 6.03. The molecule has 0 spiro atoms. The van der Waals surface area contributed by atoms with Crippen LogP contribution in [-0.4, -0.2) is 17.9 Å². The molecule has 0 aliphatic carbocycles. The molecule has 0 aliphatic heterocycles. The average molecular weight is 351 g/mol. The number of amides is 1. The van der Waals surface area contributed by atoms with Crippen molar-refractivity contribution in [1.29, 1.82) is 0 Å². The van der Waals surface area contributed by atoms with E-state index in [1.807, 2.05) is 81.2 Å². The molecule has 128 valence electrons. The molecule has 0 atom stereocenters. The summed E-state index contributed by atoms with van der Waals surface area (Å²) in [6, 6.07) is 16.0. The third-order valence-corrected chi connectivity index (χ3v) is 5.37. The van der Waals surface area contributed by atoms with Crippen molar-refractivity contribution in [1.82, 2.24) is 4.98 Å². The van der Waals surface area contributed by atoms with Crippen molar-refractivity contribution in [2.24, 2.45) is 0 Å². The van der Waals surface area contributed by atoms with Crippen LogP contribution in [0.15, 0.2) is 48.5 Å². The summed E-state index contributed by atoms with van der Waals surface area (Å²) in [7, 11) is 1.96. The molecule has 0 fully saturated rings. The summed E-state index contributed by atoms with van der Waals surface area (Å²) in [5.74, 6) is -0.111. The van der Waals surface area contributed by atoms with Gasteiger partial charge in [-0.2, -0.15) is 0 Å². The molecule has 0 unspecified atom stereocenters. The molecule has 25 heavy (non-hydrogen) atoms. The quantitative estimate of drug-likeness (QED) is 0.712. The fourth-order valence-electron chi connectivity index (χ4n) is 2.68. The minimum Gasteiger partial charge on any atom is -0.321 e. The number of benzene rings is 2. The Hall–Kier alpha value is -2.66. The van der Waals surface area contributed by atoms with Crippen LogP contribution in [0.1, 0.15) is 26.5 Å². The number of para-hydroxylation sites is 2. The normalized spacial score (nSPS) is 10.6. The molecular formula is C20H21N3OS. The molecule has 1 N–H and O–H groups in total. The van der Waals surface area contributed by atoms with E-state index in [0.29, 0.717) is 4.88 Å². The van der Waals surface area contributed by atoms with Gasteiger partial charge < -0.3 is 10.2 Å². The highest BCUT2D eigenvalue weighted by Crippen LogP contribution is 2.31. The summed E-state index contributed by atoms with van der Waals surface area (Å²) in [5.41, 5.74) is 4.76. The summed E-state index contributed by atoms with van der Waals surface area (Å²) in [5, 5.41) is 3.84. The maximum Gasteiger partial charge on any atom is 0.267 e. The molecule has 0 saturated carbocycles. The third-order valence-electron chi connectivity index (χ3n) is 4.14. The number of carbonyl (C=O) groups excluding carboxylic acids is 1. The number of hydrogen-bond acceptors (Lipinski definition) is 4. The van der Waals surface area contributed by atoms with Crippen molar-refractivity contribution < 1.29 is 4.79 Å². The Bertz CT molecular complexity index is 882. The van der Waals surface area contributed by atoms with Crippen LogP contribution in [0.4, 0.5) is 16.5 Å². The number of rotatable bonds is 4. The van der Waals surface area contributed by atoms with Crippen LogP contribution in [0, 0.1) is 20.8 Å². The van der Waals surface area contributed by atoms with E-state index < -0.39 is 0 Å². The van der Waals surface area contributed by atoms with E-state index in [9.17, 15) is 4.79 Å². The van der Waals surface area contributed by atoms with Crippen LogP contribution in [0.3, 0.4) is 0 Å². The standard InChI is InChI=1S/C20H21N3OS/c1-13-9-8-10-14(2)17(13)22-19(24)18-15(3)21-20(25-18)23(4)16-11-6-5-7-12-16/h5-12H,1-4H3,(H,22,24). The Labute approximate surface area is 152 Å². The molecular weight excluding hydrogens is 330 g/mol. The average Bonchev–Trinajstić information content (AvgIpc) is 3.00. The minimum absolute atomic E-state index is 0.111. The number of thiazole rings is 1. The van der Waals surface area contributed by atoms with Gasteiger partial charge in [0.1, 0.15) is 4.88 Å². The molecule has 3 rings (SSSR count). The van der Waals surface area contributed by atoms with Gasteiger partial charge in [-0.3, -0.25) is 4.79 Å². The predicted molar refractivity (Wildman–Crippen MR) is 105 cm³/mol. The van der Waals surface area contributed by atoms with E-state index in [4.69, 9.17) is 0 Å². The molecule has 4 nitrogen and oxygen atoms in total. The number of nitrogens with zero attached hydrogens (tertiary/aromatic N) is 2. The lowest BCUT2D eigenvalue weighted by Crippen LogP contribution is -2.13. The van der Waals surface area contributed by atoms with E-state index >= 15 is 0 Å². The second kappa shape index (κ2) is 7.07. The van der Waals surface area contributed by atoms with Gasteiger partial charge in [0.15, 0.2) is 5.13 Å². The predicted octanol–water partition coefficient (Wildman–Crippen LogP) is 5.09. The van der Waals surface area contributed by atoms with Crippen molar-refractivity contribution in [3.05, 3.63) is 70.2 Å². The van der Waals surface area contributed by atoms with E-state index in [0.717, 1.165) is 33.3 Å². The van der Waals surface area contributed by atoms with Gasteiger partial charge >= 0.3 is 0 Å². The van der Waals surface area contributed by atoms with Crippen molar-refractivity contribution in [2.75, 3.05) is 17.3 Å². The van der Waals surface area contributed by atoms with Gasteiger partial charge in [-0.15, -0.1) is 0 Å². The van der Waals surface area contributed by atoms with Gasteiger partial charge in [-0.05, 0) is 44.0 Å². The number of carbonyl (C=O) groups is 1. The van der Waals surface area contributed by atoms with Crippen LogP contribution >= 0.6 is 11.3 Å². The van der Waals surface area contributed by atoms with Crippen LogP contribution in [0.2, 0.25) is 0 Å². The molecule has 1 aromatic heterocycles. The molecule has 2 aromatic carbocycles. The number of aryl methyl sites for hydroxylation is 3. The SMILES string of the molecule is Cc1cccc(C)c1NC(=O)c1sc(N(C)c2ccccc2)nc1C. The highest BCUT2D eigenvalue weighted by Gasteiger charge is 2.19. The fourth-order valence-corrected chi connectivity index (χ4v) is 3.62. The number of hydrogen-bond donors (Lipinski definition) is 1. The van der Waals surface area contributed by atoms with Gasteiger partial charge in [-0.1, -0.05) is 47.7 Å². The zero-order chi connectivity index (χ0) is 18.0. The summed E-state index contributed by atoms with van der Waals surface area (Å²) < 4.78 is 0. The highest BCUT2D eigenvalue weighted by atomic mass is 32.1. The lowest BCUT2D eigenvalue weighted by molar-refractivity contribution is 0.102. The van der Waals surface area contributed by atoms with E-state index in [1.165, 1.54) is 11.3 Å². The van der Waals surface area contributed by atoms with E-state index in [-0.39, 0.29) is 5.91 Å². The summed E-state index contributed by atoms with van der Waals surface area (Å²) in [6.07, 6.45) is 0. The van der Waals surface area contributed by atoms with Crippen LogP contribution in [-0.2, 0) is 0 Å². The molecule has 0 radical (unpaired) electrons. The van der Waals surface area contributed by atoms with Crippen molar-refractivity contribution in [3.63, 3.8) is 0 Å². The fraction of sp³-hybridized carbons (Fsp3) is 0.200. The first-order valence-electron chi connectivity index (χ1n) is 8.11. The molecule has 3 aromatic rings. The van der Waals surface area contributed by atoms with Gasteiger partial charge in [0.25, 0.3) is 5.91 Å². The Balaban J connectivity index is 1.86. The first-order chi connectivity index (χ1) is 12.0. The largest absolute Gasteiger partial charge is 0.321 e. The van der Waals surface area contributed by atoms with Crippen molar-refractivity contribution in [3.8, 4) is 0 Å². The van der Waals surface area contributed by atoms with Gasteiger partial charge in [0.05, 0.1) is 5.69 Å². The van der Waals surface area contributed by atoms with Crippen LogP contribution in [0.5, 0.6) is 0 Å². The number of aromatic nitrogens is 1. The molecule has 0 bridgehead atoms. The Kier molecular flexibility index (Phi) is 4.86. The van der Waals surface area contributed by atoms with Crippen LogP contribution < -0.4 is 10.2 Å². The minimum atomic E-state index is -0.111. The second-order valence-corrected chi connectivity index (χ2v) is 7.00. The summed E-state index contributed by atoms with van der Waals surface area (Å²) in [4.78, 5) is 20.0. The van der Waals surface area contributed by atoms with E-state index in [2.05, 4.69) is 10.3 Å². The van der Waals surface area contributed by atoms with Gasteiger partial charge in [0.2, 0.25) is 0 Å². The molecule has 1 amide bonds. The zero-order valence-electron chi connectivity index (χ0n) is 14.8. The maximum atomic E-state index is 12.8. The first-order valence-corrected chi connectivity index (χ1v) is 8.93. The molecule has 5 heteroatoms. The first kappa shape index (κ1) is 17.2. The third kappa shape index (κ3) is 3.56. The summed E-state index contributed by atoms with van der Waals surface area (Å²) >= 11 is 1.40. The molecule has 0 aliphatic rings. The maximum absolute atomic E-state index is 12.8. The Morgan fingerprint density at radius 1 is 1.00 bits per heavy atom. The lowest BCUT2D eigenvalue weighted by atomic mass is 10.1. The zero-order valence-corrected chi connectivity index (χ0v) is 15.6. The topological polar surface area (TPSA) is 45.2 Å². The van der Waals surface area contributed by atoms with Gasteiger partial charge in [-0.25, -0.2) is 4.98 Å². The number of anilines is 3. The van der Waals surface area contributed by atoms with Gasteiger partial charge in [0, 0.05) is 18.4 Å². The highest BCUT2D eigenvalue weighted by molar-refractivity contribution is 7.17. The Morgan fingerprint density at radius 2 is 1.64 bits per heavy atom. The van der Waals surface area contributed by atoms with Crippen LogP contribution in [0.25, 0.3) is 0 Å². The Morgan fingerprint density at radius 3 is 2.28 bits per heavy atom. The van der Waals surface area contributed by atoms with E-state index in [1.54, 1.807) is 0 Å². The monoisotopic (exact) mass is 351 g/mol. The van der Waals surface area contributed by atoms with Crippen molar-refractivity contribution in [2.45, 2.75) is 20.8 Å². The summed E-state index contributed by atoms with van der Waals surface area (Å²) in [6.45, 7) is 5.87. The molecule has 1 heterocycles. The lowest BCUT2D eigenvalue weighted by Gasteiger charge is -2.15. The smallest absolute Gasteiger partial charge is 0.267 e. The van der Waals surface area contributed by atoms with Crippen molar-refractivity contribution >= 4 is 33.8 Å².